The number of hydrogen-bond donors (Lipinski definition) is 0. The van der Waals surface area contributed by atoms with Crippen molar-refractivity contribution in [3.8, 4) is 0 Å². The van der Waals surface area contributed by atoms with Gasteiger partial charge in [-0.15, -0.1) is 11.3 Å². The van der Waals surface area contributed by atoms with E-state index in [-0.39, 0.29) is 5.97 Å². The zero-order valence-corrected chi connectivity index (χ0v) is 11.9. The number of thiazole rings is 1. The van der Waals surface area contributed by atoms with Gasteiger partial charge in [0.2, 0.25) is 0 Å². The second kappa shape index (κ2) is 7.82. The normalized spacial score (nSPS) is 13.4. The van der Waals surface area contributed by atoms with Gasteiger partial charge >= 0.3 is 5.97 Å². The van der Waals surface area contributed by atoms with E-state index < -0.39 is 0 Å². The quantitative estimate of drug-likeness (QED) is 0.773. The molecule has 0 unspecified atom stereocenters. The van der Waals surface area contributed by atoms with E-state index in [9.17, 15) is 4.79 Å². The van der Waals surface area contributed by atoms with Crippen molar-refractivity contribution in [2.75, 3.05) is 6.61 Å². The molecule has 4 heteroatoms. The first kappa shape index (κ1) is 14.6. The number of ether oxygens (including phenoxy) is 1. The van der Waals surface area contributed by atoms with Crippen LogP contribution in [0.4, 0.5) is 0 Å². The van der Waals surface area contributed by atoms with Crippen LogP contribution < -0.4 is 0 Å². The lowest BCUT2D eigenvalue weighted by Gasteiger charge is -2.06. The SMILES string of the molecule is CC.CCOC(=O)c1scnc1C1=CCCC=C1. The summed E-state index contributed by atoms with van der Waals surface area (Å²) in [6.45, 7) is 6.20. The van der Waals surface area contributed by atoms with E-state index in [2.05, 4.69) is 17.1 Å². The number of aromatic nitrogens is 1. The molecule has 0 fully saturated rings. The zero-order valence-electron chi connectivity index (χ0n) is 11.1. The number of nitrogens with zero attached hydrogens (tertiary/aromatic N) is 1. The van der Waals surface area contributed by atoms with Crippen molar-refractivity contribution >= 4 is 22.9 Å². The molecule has 0 radical (unpaired) electrons. The Labute approximate surface area is 112 Å². The molecule has 0 aromatic carbocycles. The fraction of sp³-hybridized carbons (Fsp3) is 0.429. The summed E-state index contributed by atoms with van der Waals surface area (Å²) in [7, 11) is 0. The van der Waals surface area contributed by atoms with Gasteiger partial charge in [0.25, 0.3) is 0 Å². The summed E-state index contributed by atoms with van der Waals surface area (Å²) in [5.41, 5.74) is 3.46. The number of allylic oxidation sites excluding steroid dienone is 4. The second-order valence-electron chi connectivity index (χ2n) is 3.39. The maximum absolute atomic E-state index is 11.7. The Kier molecular flexibility index (Phi) is 6.36. The van der Waals surface area contributed by atoms with E-state index >= 15 is 0 Å². The minimum absolute atomic E-state index is 0.278. The van der Waals surface area contributed by atoms with E-state index in [1.54, 1.807) is 12.4 Å². The largest absolute Gasteiger partial charge is 0.462 e. The molecule has 0 N–H and O–H groups in total. The molecule has 98 valence electrons. The molecule has 1 aromatic heterocycles. The summed E-state index contributed by atoms with van der Waals surface area (Å²) >= 11 is 1.33. The minimum Gasteiger partial charge on any atom is -0.462 e. The van der Waals surface area contributed by atoms with Crippen LogP contribution >= 0.6 is 11.3 Å². The van der Waals surface area contributed by atoms with Gasteiger partial charge in [-0.05, 0) is 25.3 Å². The first-order chi connectivity index (χ1) is 8.83. The van der Waals surface area contributed by atoms with Gasteiger partial charge in [0.05, 0.1) is 17.8 Å². The van der Waals surface area contributed by atoms with Gasteiger partial charge in [-0.2, -0.15) is 0 Å². The lowest BCUT2D eigenvalue weighted by Crippen LogP contribution is -2.05. The molecule has 3 nitrogen and oxygen atoms in total. The van der Waals surface area contributed by atoms with Gasteiger partial charge < -0.3 is 4.74 Å². The van der Waals surface area contributed by atoms with Crippen molar-refractivity contribution in [2.24, 2.45) is 0 Å². The van der Waals surface area contributed by atoms with Crippen molar-refractivity contribution in [2.45, 2.75) is 33.6 Å². The van der Waals surface area contributed by atoms with Crippen LogP contribution in [0.1, 0.15) is 49.0 Å². The molecular formula is C14H19NO2S. The van der Waals surface area contributed by atoms with Crippen molar-refractivity contribution < 1.29 is 9.53 Å². The van der Waals surface area contributed by atoms with E-state index in [1.165, 1.54) is 11.3 Å². The summed E-state index contributed by atoms with van der Waals surface area (Å²) in [5.74, 6) is -0.278. The van der Waals surface area contributed by atoms with Gasteiger partial charge in [-0.1, -0.05) is 32.1 Å². The fourth-order valence-corrected chi connectivity index (χ4v) is 2.28. The number of hydrogen-bond acceptors (Lipinski definition) is 4. The van der Waals surface area contributed by atoms with Crippen molar-refractivity contribution in [1.29, 1.82) is 0 Å². The number of esters is 1. The molecule has 0 saturated heterocycles. The summed E-state index contributed by atoms with van der Waals surface area (Å²) in [5, 5.41) is 0. The van der Waals surface area contributed by atoms with Crippen LogP contribution in [0, 0.1) is 0 Å². The molecule has 0 amide bonds. The average molecular weight is 265 g/mol. The standard InChI is InChI=1S/C12H13NO2S.C2H6/c1-2-15-12(14)11-10(13-8-16-11)9-6-4-3-5-7-9;1-2/h4,6-8H,2-3,5H2,1H3;1-2H3. The Hall–Kier alpha value is -1.42. The Bertz CT molecular complexity index is 446. The van der Waals surface area contributed by atoms with Gasteiger partial charge in [0.15, 0.2) is 0 Å². The van der Waals surface area contributed by atoms with Crippen LogP contribution in [-0.4, -0.2) is 17.6 Å². The topological polar surface area (TPSA) is 39.2 Å². The molecule has 0 spiro atoms. The van der Waals surface area contributed by atoms with Crippen LogP contribution in [0.5, 0.6) is 0 Å². The Morgan fingerprint density at radius 2 is 2.22 bits per heavy atom. The lowest BCUT2D eigenvalue weighted by molar-refractivity contribution is 0.0531. The molecule has 0 atom stereocenters. The minimum atomic E-state index is -0.278. The van der Waals surface area contributed by atoms with Crippen LogP contribution in [0.15, 0.2) is 23.7 Å². The molecule has 18 heavy (non-hydrogen) atoms. The smallest absolute Gasteiger partial charge is 0.350 e. The molecule has 1 aliphatic carbocycles. The predicted molar refractivity (Wildman–Crippen MR) is 75.8 cm³/mol. The Morgan fingerprint density at radius 1 is 1.44 bits per heavy atom. The fourth-order valence-electron chi connectivity index (χ4n) is 1.58. The molecule has 0 saturated carbocycles. The maximum Gasteiger partial charge on any atom is 0.350 e. The van der Waals surface area contributed by atoms with Crippen LogP contribution in [-0.2, 0) is 4.74 Å². The first-order valence-corrected chi connectivity index (χ1v) is 7.18. The van der Waals surface area contributed by atoms with Crippen LogP contribution in [0.2, 0.25) is 0 Å². The molecule has 1 aliphatic rings. The van der Waals surface area contributed by atoms with E-state index in [4.69, 9.17) is 4.74 Å². The molecule has 2 rings (SSSR count). The van der Waals surface area contributed by atoms with Crippen LogP contribution in [0.3, 0.4) is 0 Å². The summed E-state index contributed by atoms with van der Waals surface area (Å²) < 4.78 is 5.00. The Morgan fingerprint density at radius 3 is 2.83 bits per heavy atom. The summed E-state index contributed by atoms with van der Waals surface area (Å²) in [4.78, 5) is 16.5. The molecule has 0 bridgehead atoms. The molecule has 1 heterocycles. The highest BCUT2D eigenvalue weighted by Crippen LogP contribution is 2.26. The lowest BCUT2D eigenvalue weighted by atomic mass is 10.0. The molecule has 1 aromatic rings. The first-order valence-electron chi connectivity index (χ1n) is 6.30. The van der Waals surface area contributed by atoms with Gasteiger partial charge in [-0.3, -0.25) is 0 Å². The second-order valence-corrected chi connectivity index (χ2v) is 4.24. The third-order valence-electron chi connectivity index (χ3n) is 2.30. The van der Waals surface area contributed by atoms with Crippen molar-refractivity contribution in [3.05, 3.63) is 34.3 Å². The number of carbonyl (C=O) groups is 1. The molecule has 0 aliphatic heterocycles. The summed E-state index contributed by atoms with van der Waals surface area (Å²) in [6, 6.07) is 0. The predicted octanol–water partition coefficient (Wildman–Crippen LogP) is 4.08. The highest BCUT2D eigenvalue weighted by Gasteiger charge is 2.18. The van der Waals surface area contributed by atoms with Gasteiger partial charge in [-0.25, -0.2) is 9.78 Å². The van der Waals surface area contributed by atoms with E-state index in [0.717, 1.165) is 24.1 Å². The number of rotatable bonds is 3. The summed E-state index contributed by atoms with van der Waals surface area (Å²) in [6.07, 6.45) is 8.29. The highest BCUT2D eigenvalue weighted by atomic mass is 32.1. The third-order valence-corrected chi connectivity index (χ3v) is 3.10. The van der Waals surface area contributed by atoms with E-state index in [0.29, 0.717) is 11.5 Å². The monoisotopic (exact) mass is 265 g/mol. The Balaban J connectivity index is 0.000000771. The third kappa shape index (κ3) is 3.53. The highest BCUT2D eigenvalue weighted by molar-refractivity contribution is 7.11. The van der Waals surface area contributed by atoms with Crippen LogP contribution in [0.25, 0.3) is 5.57 Å². The average Bonchev–Trinajstić information content (AvgIpc) is 2.92. The molecular weight excluding hydrogens is 246 g/mol. The van der Waals surface area contributed by atoms with E-state index in [1.807, 2.05) is 19.9 Å². The maximum atomic E-state index is 11.7. The van der Waals surface area contributed by atoms with Crippen molar-refractivity contribution in [3.63, 3.8) is 0 Å². The van der Waals surface area contributed by atoms with Gasteiger partial charge in [0, 0.05) is 0 Å². The zero-order chi connectivity index (χ0) is 13.4. The number of carbonyl (C=O) groups excluding carboxylic acids is 1. The van der Waals surface area contributed by atoms with Crippen molar-refractivity contribution in [1.82, 2.24) is 4.98 Å². The van der Waals surface area contributed by atoms with Gasteiger partial charge in [0.1, 0.15) is 4.88 Å².